The Hall–Kier alpha value is -1.20. The van der Waals surface area contributed by atoms with Gasteiger partial charge >= 0.3 is 0 Å². The van der Waals surface area contributed by atoms with E-state index in [0.29, 0.717) is 11.3 Å². The summed E-state index contributed by atoms with van der Waals surface area (Å²) < 4.78 is 19.7. The number of halogens is 2. The van der Waals surface area contributed by atoms with Crippen LogP contribution in [0.5, 0.6) is 0 Å². The van der Waals surface area contributed by atoms with Crippen LogP contribution < -0.4 is 5.32 Å². The van der Waals surface area contributed by atoms with E-state index in [9.17, 15) is 4.39 Å². The topological polar surface area (TPSA) is 38.1 Å². The van der Waals surface area contributed by atoms with Gasteiger partial charge in [-0.05, 0) is 35.1 Å². The quantitative estimate of drug-likeness (QED) is 0.942. The molecule has 0 fully saturated rings. The molecule has 2 rings (SSSR count). The maximum Gasteiger partial charge on any atom is 0.146 e. The standard InChI is InChI=1S/C11H10BrFN2O/c1-14-10(11-8(12)3-5-16-11)7-2-4-15-6-9(7)13/h2-6,10,14H,1H3. The third-order valence-corrected chi connectivity index (χ3v) is 2.97. The van der Waals surface area contributed by atoms with Crippen LogP contribution in [0.1, 0.15) is 17.4 Å². The normalized spacial score (nSPS) is 12.7. The third-order valence-electron chi connectivity index (χ3n) is 2.31. The minimum Gasteiger partial charge on any atom is -0.466 e. The van der Waals surface area contributed by atoms with Crippen molar-refractivity contribution in [1.29, 1.82) is 0 Å². The Morgan fingerprint density at radius 2 is 2.31 bits per heavy atom. The van der Waals surface area contributed by atoms with E-state index in [-0.39, 0.29) is 11.9 Å². The lowest BCUT2D eigenvalue weighted by atomic mass is 10.1. The lowest BCUT2D eigenvalue weighted by Gasteiger charge is -2.15. The molecule has 0 aliphatic rings. The van der Waals surface area contributed by atoms with Crippen LogP contribution in [0.3, 0.4) is 0 Å². The molecule has 0 saturated carbocycles. The van der Waals surface area contributed by atoms with Crippen molar-refractivity contribution in [1.82, 2.24) is 10.3 Å². The second kappa shape index (κ2) is 4.76. The van der Waals surface area contributed by atoms with E-state index in [4.69, 9.17) is 4.42 Å². The van der Waals surface area contributed by atoms with Gasteiger partial charge in [0, 0.05) is 11.8 Å². The summed E-state index contributed by atoms with van der Waals surface area (Å²) in [5, 5.41) is 3.01. The van der Waals surface area contributed by atoms with Crippen LogP contribution in [0.25, 0.3) is 0 Å². The largest absolute Gasteiger partial charge is 0.466 e. The van der Waals surface area contributed by atoms with E-state index in [2.05, 4.69) is 26.2 Å². The van der Waals surface area contributed by atoms with Crippen LogP contribution >= 0.6 is 15.9 Å². The molecular weight excluding hydrogens is 275 g/mol. The van der Waals surface area contributed by atoms with Gasteiger partial charge in [0.1, 0.15) is 11.6 Å². The lowest BCUT2D eigenvalue weighted by molar-refractivity contribution is 0.450. The smallest absolute Gasteiger partial charge is 0.146 e. The Labute approximate surface area is 101 Å². The van der Waals surface area contributed by atoms with Crippen molar-refractivity contribution in [2.75, 3.05) is 7.05 Å². The highest BCUT2D eigenvalue weighted by Gasteiger charge is 2.21. The summed E-state index contributed by atoms with van der Waals surface area (Å²) in [4.78, 5) is 3.72. The van der Waals surface area contributed by atoms with E-state index in [1.807, 2.05) is 0 Å². The molecule has 0 saturated heterocycles. The molecule has 2 aromatic rings. The van der Waals surface area contributed by atoms with Crippen LogP contribution in [0, 0.1) is 5.82 Å². The molecule has 1 N–H and O–H groups in total. The number of hydrogen-bond acceptors (Lipinski definition) is 3. The number of hydrogen-bond donors (Lipinski definition) is 1. The summed E-state index contributed by atoms with van der Waals surface area (Å²) in [5.74, 6) is 0.290. The van der Waals surface area contributed by atoms with Gasteiger partial charge in [-0.3, -0.25) is 4.98 Å². The number of nitrogens with zero attached hydrogens (tertiary/aromatic N) is 1. The number of aromatic nitrogens is 1. The number of pyridine rings is 1. The molecule has 84 valence electrons. The van der Waals surface area contributed by atoms with Gasteiger partial charge in [0.2, 0.25) is 0 Å². The van der Waals surface area contributed by atoms with Crippen molar-refractivity contribution in [3.05, 3.63) is 52.4 Å². The highest BCUT2D eigenvalue weighted by atomic mass is 79.9. The summed E-state index contributed by atoms with van der Waals surface area (Å²) in [7, 11) is 1.75. The molecule has 5 heteroatoms. The predicted molar refractivity (Wildman–Crippen MR) is 61.5 cm³/mol. The number of rotatable bonds is 3. The molecule has 0 bridgehead atoms. The molecule has 2 aromatic heterocycles. The maximum absolute atomic E-state index is 13.6. The van der Waals surface area contributed by atoms with Crippen molar-refractivity contribution < 1.29 is 8.81 Å². The van der Waals surface area contributed by atoms with Crippen LogP contribution in [-0.2, 0) is 0 Å². The van der Waals surface area contributed by atoms with Gasteiger partial charge in [0.05, 0.1) is 23.0 Å². The lowest BCUT2D eigenvalue weighted by Crippen LogP contribution is -2.18. The fourth-order valence-electron chi connectivity index (χ4n) is 1.56. The van der Waals surface area contributed by atoms with Gasteiger partial charge in [-0.25, -0.2) is 4.39 Å². The van der Waals surface area contributed by atoms with E-state index in [1.54, 1.807) is 31.6 Å². The molecule has 0 spiro atoms. The van der Waals surface area contributed by atoms with Gasteiger partial charge in [0.15, 0.2) is 0 Å². The first-order chi connectivity index (χ1) is 7.74. The van der Waals surface area contributed by atoms with Crippen molar-refractivity contribution in [2.45, 2.75) is 6.04 Å². The Morgan fingerprint density at radius 1 is 1.50 bits per heavy atom. The second-order valence-electron chi connectivity index (χ2n) is 3.25. The van der Waals surface area contributed by atoms with Gasteiger partial charge in [-0.1, -0.05) is 0 Å². The maximum atomic E-state index is 13.6. The second-order valence-corrected chi connectivity index (χ2v) is 4.11. The molecule has 0 aromatic carbocycles. The van der Waals surface area contributed by atoms with E-state index in [1.165, 1.54) is 6.20 Å². The molecule has 1 unspecified atom stereocenters. The molecule has 1 atom stereocenters. The first-order valence-corrected chi connectivity index (χ1v) is 5.53. The molecule has 0 radical (unpaired) electrons. The van der Waals surface area contributed by atoms with Crippen LogP contribution in [0.2, 0.25) is 0 Å². The van der Waals surface area contributed by atoms with Gasteiger partial charge in [-0.2, -0.15) is 0 Å². The zero-order valence-electron chi connectivity index (χ0n) is 8.58. The van der Waals surface area contributed by atoms with Crippen molar-refractivity contribution in [3.63, 3.8) is 0 Å². The summed E-state index contributed by atoms with van der Waals surface area (Å²) in [6.45, 7) is 0. The Kier molecular flexibility index (Phi) is 3.36. The highest BCUT2D eigenvalue weighted by molar-refractivity contribution is 9.10. The number of furan rings is 1. The van der Waals surface area contributed by atoms with Crippen molar-refractivity contribution in [2.24, 2.45) is 0 Å². The average molecular weight is 285 g/mol. The Morgan fingerprint density at radius 3 is 2.88 bits per heavy atom. The minimum absolute atomic E-state index is 0.327. The minimum atomic E-state index is -0.356. The number of nitrogens with one attached hydrogen (secondary N) is 1. The predicted octanol–water partition coefficient (Wildman–Crippen LogP) is 2.89. The molecular formula is C11H10BrFN2O. The zero-order valence-corrected chi connectivity index (χ0v) is 10.2. The SMILES string of the molecule is CNC(c1ccncc1F)c1occc1Br. The first-order valence-electron chi connectivity index (χ1n) is 4.73. The Bertz CT molecular complexity index is 486. The van der Waals surface area contributed by atoms with Crippen LogP contribution in [0.4, 0.5) is 4.39 Å². The monoisotopic (exact) mass is 284 g/mol. The molecule has 16 heavy (non-hydrogen) atoms. The Balaban J connectivity index is 2.45. The molecule has 3 nitrogen and oxygen atoms in total. The van der Waals surface area contributed by atoms with Crippen LogP contribution in [0.15, 0.2) is 39.7 Å². The average Bonchev–Trinajstić information content (AvgIpc) is 2.69. The summed E-state index contributed by atoms with van der Waals surface area (Å²) in [6, 6.07) is 3.08. The zero-order chi connectivity index (χ0) is 11.5. The summed E-state index contributed by atoms with van der Waals surface area (Å²) in [6.07, 6.45) is 4.30. The molecule has 0 amide bonds. The van der Waals surface area contributed by atoms with E-state index >= 15 is 0 Å². The fourth-order valence-corrected chi connectivity index (χ4v) is 1.99. The first kappa shape index (κ1) is 11.3. The van der Waals surface area contributed by atoms with Crippen molar-refractivity contribution in [3.8, 4) is 0 Å². The molecule has 0 aliphatic heterocycles. The fraction of sp³-hybridized carbons (Fsp3) is 0.182. The van der Waals surface area contributed by atoms with Gasteiger partial charge < -0.3 is 9.73 Å². The summed E-state index contributed by atoms with van der Waals surface area (Å²) in [5.41, 5.74) is 0.508. The van der Waals surface area contributed by atoms with Gasteiger partial charge in [0.25, 0.3) is 0 Å². The summed E-state index contributed by atoms with van der Waals surface area (Å²) >= 11 is 3.36. The molecule has 0 aliphatic carbocycles. The molecule has 2 heterocycles. The van der Waals surface area contributed by atoms with E-state index < -0.39 is 0 Å². The third kappa shape index (κ3) is 2.01. The van der Waals surface area contributed by atoms with Gasteiger partial charge in [-0.15, -0.1) is 0 Å². The van der Waals surface area contributed by atoms with Crippen molar-refractivity contribution >= 4 is 15.9 Å². The van der Waals surface area contributed by atoms with Crippen LogP contribution in [-0.4, -0.2) is 12.0 Å². The highest BCUT2D eigenvalue weighted by Crippen LogP contribution is 2.30. The van der Waals surface area contributed by atoms with E-state index in [0.717, 1.165) is 4.47 Å².